The molecule has 0 atom stereocenters. The van der Waals surface area contributed by atoms with Crippen LogP contribution in [0.15, 0.2) is 23.2 Å². The monoisotopic (exact) mass is 478 g/mol. The molecule has 1 aliphatic heterocycles. The van der Waals surface area contributed by atoms with Gasteiger partial charge in [-0.15, -0.1) is 24.0 Å². The second-order valence-electron chi connectivity index (χ2n) is 6.93. The molecule has 26 heavy (non-hydrogen) atoms. The van der Waals surface area contributed by atoms with Crippen LogP contribution in [0.4, 0.5) is 8.78 Å². The molecule has 0 amide bonds. The maximum atomic E-state index is 13.7. The van der Waals surface area contributed by atoms with Crippen LogP contribution < -0.4 is 10.6 Å². The van der Waals surface area contributed by atoms with Gasteiger partial charge in [-0.2, -0.15) is 0 Å². The van der Waals surface area contributed by atoms with Crippen LogP contribution in [0.1, 0.15) is 38.2 Å². The number of halogens is 3. The Morgan fingerprint density at radius 3 is 2.54 bits per heavy atom. The second-order valence-corrected chi connectivity index (χ2v) is 6.93. The van der Waals surface area contributed by atoms with Crippen LogP contribution in [0, 0.1) is 11.6 Å². The van der Waals surface area contributed by atoms with Gasteiger partial charge in [-0.3, -0.25) is 4.99 Å². The highest BCUT2D eigenvalue weighted by Crippen LogP contribution is 2.29. The topological polar surface area (TPSA) is 39.7 Å². The quantitative estimate of drug-likeness (QED) is 0.375. The molecular weight excluding hydrogens is 449 g/mol. The van der Waals surface area contributed by atoms with Gasteiger partial charge in [0.05, 0.1) is 0 Å². The molecular formula is C19H29F2IN4. The summed E-state index contributed by atoms with van der Waals surface area (Å²) in [6.45, 7) is 5.61. The Hall–Kier alpha value is -0.960. The zero-order valence-corrected chi connectivity index (χ0v) is 17.6. The van der Waals surface area contributed by atoms with E-state index in [1.807, 2.05) is 6.92 Å². The molecule has 1 aromatic rings. The van der Waals surface area contributed by atoms with Gasteiger partial charge in [-0.25, -0.2) is 8.78 Å². The molecule has 3 rings (SSSR count). The molecule has 7 heteroatoms. The summed E-state index contributed by atoms with van der Waals surface area (Å²) in [7, 11) is 0. The van der Waals surface area contributed by atoms with Gasteiger partial charge in [0.25, 0.3) is 0 Å². The summed E-state index contributed by atoms with van der Waals surface area (Å²) in [6.07, 6.45) is 5.45. The van der Waals surface area contributed by atoms with Gasteiger partial charge in [0.1, 0.15) is 11.6 Å². The Balaban J connectivity index is 0.00000243. The predicted octanol–water partition coefficient (Wildman–Crippen LogP) is 3.31. The minimum atomic E-state index is -0.544. The Kier molecular flexibility index (Phi) is 8.53. The van der Waals surface area contributed by atoms with E-state index in [0.29, 0.717) is 24.6 Å². The summed E-state index contributed by atoms with van der Waals surface area (Å²) in [5, 5.41) is 6.76. The third-order valence-electron chi connectivity index (χ3n) is 4.94. The highest BCUT2D eigenvalue weighted by Gasteiger charge is 2.31. The zero-order chi connectivity index (χ0) is 17.6. The van der Waals surface area contributed by atoms with E-state index in [9.17, 15) is 8.78 Å². The van der Waals surface area contributed by atoms with Crippen molar-refractivity contribution < 1.29 is 8.78 Å². The highest BCUT2D eigenvalue weighted by molar-refractivity contribution is 14.0. The molecule has 2 aliphatic rings. The number of rotatable bonds is 6. The fourth-order valence-electron chi connectivity index (χ4n) is 3.37. The first-order valence-corrected chi connectivity index (χ1v) is 9.38. The van der Waals surface area contributed by atoms with E-state index in [0.717, 1.165) is 50.5 Å². The van der Waals surface area contributed by atoms with Crippen molar-refractivity contribution in [1.82, 2.24) is 15.5 Å². The van der Waals surface area contributed by atoms with E-state index < -0.39 is 11.6 Å². The largest absolute Gasteiger partial charge is 0.357 e. The lowest BCUT2D eigenvalue weighted by molar-refractivity contribution is 0.197. The summed E-state index contributed by atoms with van der Waals surface area (Å²) in [4.78, 5) is 7.15. The summed E-state index contributed by atoms with van der Waals surface area (Å²) >= 11 is 0. The molecule has 0 spiro atoms. The Morgan fingerprint density at radius 2 is 1.92 bits per heavy atom. The van der Waals surface area contributed by atoms with E-state index in [-0.39, 0.29) is 24.0 Å². The third kappa shape index (κ3) is 6.33. The number of hydrogen-bond donors (Lipinski definition) is 2. The van der Waals surface area contributed by atoms with Gasteiger partial charge in [-0.05, 0) is 50.7 Å². The molecule has 4 nitrogen and oxygen atoms in total. The lowest BCUT2D eigenvalue weighted by atomic mass is 10.1. The van der Waals surface area contributed by atoms with Crippen molar-refractivity contribution in [2.75, 3.05) is 26.2 Å². The Bertz CT molecular complexity index is 599. The standard InChI is InChI=1S/C19H28F2N4.HI/c1-2-22-19(23-10-7-14-3-4-15(20)13-18(14)21)24-16-8-11-25(12-9-16)17-5-6-17;/h3-4,13,16-17H,2,5-12H2,1H3,(H2,22,23,24);1H. The first kappa shape index (κ1) is 21.3. The maximum absolute atomic E-state index is 13.7. The number of hydrogen-bond acceptors (Lipinski definition) is 2. The average Bonchev–Trinajstić information content (AvgIpc) is 3.43. The summed E-state index contributed by atoms with van der Waals surface area (Å²) in [6, 6.07) is 4.99. The normalized spacial score (nSPS) is 19.1. The van der Waals surface area contributed by atoms with Gasteiger partial charge in [0.2, 0.25) is 0 Å². The molecule has 0 bridgehead atoms. The summed E-state index contributed by atoms with van der Waals surface area (Å²) in [5.41, 5.74) is 0.499. The third-order valence-corrected chi connectivity index (χ3v) is 4.94. The molecule has 146 valence electrons. The highest BCUT2D eigenvalue weighted by atomic mass is 127. The SMILES string of the molecule is CCNC(=NCCc1ccc(F)cc1F)NC1CCN(C2CC2)CC1.I. The summed E-state index contributed by atoms with van der Waals surface area (Å²) in [5.74, 6) is -0.257. The van der Waals surface area contributed by atoms with Crippen molar-refractivity contribution in [3.05, 3.63) is 35.4 Å². The number of benzene rings is 1. The first-order valence-electron chi connectivity index (χ1n) is 9.38. The number of aliphatic imine (C=N–C) groups is 1. The molecule has 1 aromatic carbocycles. The van der Waals surface area contributed by atoms with Crippen LogP contribution in [-0.4, -0.2) is 49.1 Å². The van der Waals surface area contributed by atoms with Crippen LogP contribution >= 0.6 is 24.0 Å². The zero-order valence-electron chi connectivity index (χ0n) is 15.3. The maximum Gasteiger partial charge on any atom is 0.191 e. The number of piperidine rings is 1. The van der Waals surface area contributed by atoms with Gasteiger partial charge in [0, 0.05) is 44.3 Å². The lowest BCUT2D eigenvalue weighted by Crippen LogP contribution is -2.49. The van der Waals surface area contributed by atoms with E-state index in [2.05, 4.69) is 20.5 Å². The second kappa shape index (κ2) is 10.4. The van der Waals surface area contributed by atoms with Crippen LogP contribution in [0.3, 0.4) is 0 Å². The van der Waals surface area contributed by atoms with Gasteiger partial charge in [0.15, 0.2) is 5.96 Å². The van der Waals surface area contributed by atoms with E-state index in [1.54, 1.807) is 0 Å². The molecule has 1 heterocycles. The van der Waals surface area contributed by atoms with Crippen LogP contribution in [0.25, 0.3) is 0 Å². The lowest BCUT2D eigenvalue weighted by Gasteiger charge is -2.33. The molecule has 0 unspecified atom stereocenters. The van der Waals surface area contributed by atoms with Gasteiger partial charge < -0.3 is 15.5 Å². The van der Waals surface area contributed by atoms with Crippen molar-refractivity contribution in [3.63, 3.8) is 0 Å². The van der Waals surface area contributed by atoms with Gasteiger partial charge >= 0.3 is 0 Å². The first-order chi connectivity index (χ1) is 12.2. The number of likely N-dealkylation sites (tertiary alicyclic amines) is 1. The van der Waals surface area contributed by atoms with Crippen molar-refractivity contribution in [3.8, 4) is 0 Å². The van der Waals surface area contributed by atoms with E-state index in [4.69, 9.17) is 0 Å². The van der Waals surface area contributed by atoms with Crippen molar-refractivity contribution in [1.29, 1.82) is 0 Å². The molecule has 1 saturated carbocycles. The Morgan fingerprint density at radius 1 is 1.19 bits per heavy atom. The molecule has 1 aliphatic carbocycles. The fraction of sp³-hybridized carbons (Fsp3) is 0.632. The molecule has 2 N–H and O–H groups in total. The minimum absolute atomic E-state index is 0. The van der Waals surface area contributed by atoms with Crippen molar-refractivity contribution in [2.45, 2.75) is 51.1 Å². The number of nitrogens with zero attached hydrogens (tertiary/aromatic N) is 2. The fourth-order valence-corrected chi connectivity index (χ4v) is 3.37. The van der Waals surface area contributed by atoms with E-state index >= 15 is 0 Å². The van der Waals surface area contributed by atoms with Gasteiger partial charge in [-0.1, -0.05) is 6.07 Å². The average molecular weight is 478 g/mol. The van der Waals surface area contributed by atoms with Crippen LogP contribution in [0.2, 0.25) is 0 Å². The Labute approximate surface area is 171 Å². The van der Waals surface area contributed by atoms with Crippen molar-refractivity contribution in [2.24, 2.45) is 4.99 Å². The van der Waals surface area contributed by atoms with E-state index in [1.165, 1.54) is 25.0 Å². The molecule has 0 aromatic heterocycles. The van der Waals surface area contributed by atoms with Crippen molar-refractivity contribution >= 4 is 29.9 Å². The van der Waals surface area contributed by atoms with Crippen LogP contribution in [-0.2, 0) is 6.42 Å². The smallest absolute Gasteiger partial charge is 0.191 e. The van der Waals surface area contributed by atoms with Crippen LogP contribution in [0.5, 0.6) is 0 Å². The summed E-state index contributed by atoms with van der Waals surface area (Å²) < 4.78 is 26.6. The minimum Gasteiger partial charge on any atom is -0.357 e. The molecule has 0 radical (unpaired) electrons. The molecule has 1 saturated heterocycles. The number of guanidine groups is 1. The number of nitrogens with one attached hydrogen (secondary N) is 2. The predicted molar refractivity (Wildman–Crippen MR) is 112 cm³/mol. The molecule has 2 fully saturated rings.